The first-order valence-electron chi connectivity index (χ1n) is 6.43. The first kappa shape index (κ1) is 12.9. The Morgan fingerprint density at radius 2 is 2.28 bits per heavy atom. The van der Waals surface area contributed by atoms with E-state index in [0.717, 1.165) is 25.1 Å². The third-order valence-corrected chi connectivity index (χ3v) is 3.78. The van der Waals surface area contributed by atoms with Crippen molar-refractivity contribution in [2.75, 3.05) is 11.4 Å². The normalized spacial score (nSPS) is 22.6. The molecule has 1 atom stereocenters. The molecule has 1 aliphatic rings. The summed E-state index contributed by atoms with van der Waals surface area (Å²) < 4.78 is 13.3. The van der Waals surface area contributed by atoms with E-state index in [2.05, 4.69) is 24.8 Å². The lowest BCUT2D eigenvalue weighted by Gasteiger charge is -2.47. The van der Waals surface area contributed by atoms with E-state index in [1.165, 1.54) is 6.07 Å². The van der Waals surface area contributed by atoms with Crippen molar-refractivity contribution in [3.05, 3.63) is 30.1 Å². The molecular weight excluding hydrogens is 227 g/mol. The third-order valence-electron chi connectivity index (χ3n) is 3.78. The molecule has 1 saturated heterocycles. The summed E-state index contributed by atoms with van der Waals surface area (Å²) in [5, 5.41) is 8.79. The second-order valence-corrected chi connectivity index (χ2v) is 5.67. The summed E-state index contributed by atoms with van der Waals surface area (Å²) in [5.41, 5.74) is 0.920. The van der Waals surface area contributed by atoms with Crippen molar-refractivity contribution >= 4 is 5.69 Å². The molecule has 0 saturated carbocycles. The van der Waals surface area contributed by atoms with Gasteiger partial charge in [-0.3, -0.25) is 0 Å². The first-order chi connectivity index (χ1) is 8.53. The van der Waals surface area contributed by atoms with Crippen molar-refractivity contribution in [2.24, 2.45) is 5.92 Å². The van der Waals surface area contributed by atoms with Gasteiger partial charge in [-0.15, -0.1) is 0 Å². The molecule has 0 bridgehead atoms. The summed E-state index contributed by atoms with van der Waals surface area (Å²) in [5.74, 6) is 0.275. The lowest BCUT2D eigenvalue weighted by Crippen LogP contribution is -2.50. The Hall–Kier alpha value is -1.56. The van der Waals surface area contributed by atoms with Crippen LogP contribution >= 0.6 is 0 Å². The molecule has 0 N–H and O–H groups in total. The monoisotopic (exact) mass is 246 g/mol. The van der Waals surface area contributed by atoms with Crippen LogP contribution in [0.2, 0.25) is 0 Å². The molecule has 2 rings (SSSR count). The van der Waals surface area contributed by atoms with Crippen LogP contribution in [0.1, 0.15) is 33.1 Å². The van der Waals surface area contributed by atoms with E-state index >= 15 is 0 Å². The molecule has 2 nitrogen and oxygen atoms in total. The van der Waals surface area contributed by atoms with Gasteiger partial charge in [0.2, 0.25) is 0 Å². The number of halogens is 1. The van der Waals surface area contributed by atoms with E-state index in [1.807, 2.05) is 6.07 Å². The summed E-state index contributed by atoms with van der Waals surface area (Å²) in [6, 6.07) is 9.03. The molecule has 0 radical (unpaired) electrons. The zero-order valence-corrected chi connectivity index (χ0v) is 11.0. The highest BCUT2D eigenvalue weighted by Gasteiger charge is 2.34. The molecule has 96 valence electrons. The largest absolute Gasteiger partial charge is 0.366 e. The molecule has 1 heterocycles. The second-order valence-electron chi connectivity index (χ2n) is 5.67. The maximum Gasteiger partial charge on any atom is 0.125 e. The molecule has 1 aromatic rings. The van der Waals surface area contributed by atoms with Gasteiger partial charge in [-0.05, 0) is 50.8 Å². The fourth-order valence-corrected chi connectivity index (χ4v) is 2.96. The quantitative estimate of drug-likeness (QED) is 0.795. The fraction of sp³-hybridized carbons (Fsp3) is 0.533. The Labute approximate surface area is 108 Å². The lowest BCUT2D eigenvalue weighted by molar-refractivity contribution is 0.276. The van der Waals surface area contributed by atoms with Crippen molar-refractivity contribution in [3.8, 4) is 6.07 Å². The maximum atomic E-state index is 13.3. The van der Waals surface area contributed by atoms with Gasteiger partial charge in [0, 0.05) is 24.2 Å². The minimum absolute atomic E-state index is 0.0203. The van der Waals surface area contributed by atoms with E-state index in [4.69, 9.17) is 5.26 Å². The van der Waals surface area contributed by atoms with Gasteiger partial charge in [0.25, 0.3) is 0 Å². The molecule has 0 aromatic heterocycles. The van der Waals surface area contributed by atoms with Crippen LogP contribution < -0.4 is 4.90 Å². The van der Waals surface area contributed by atoms with Crippen LogP contribution in [0.25, 0.3) is 0 Å². The van der Waals surface area contributed by atoms with Gasteiger partial charge in [0.05, 0.1) is 6.07 Å². The van der Waals surface area contributed by atoms with Gasteiger partial charge in [0.15, 0.2) is 0 Å². The van der Waals surface area contributed by atoms with Gasteiger partial charge in [-0.1, -0.05) is 6.07 Å². The fourth-order valence-electron chi connectivity index (χ4n) is 2.96. The number of nitrogens with zero attached hydrogens (tertiary/aromatic N) is 2. The van der Waals surface area contributed by atoms with E-state index in [-0.39, 0.29) is 11.4 Å². The van der Waals surface area contributed by atoms with Gasteiger partial charge < -0.3 is 4.90 Å². The Morgan fingerprint density at radius 1 is 1.50 bits per heavy atom. The molecule has 1 aromatic carbocycles. The molecule has 1 aliphatic heterocycles. The highest BCUT2D eigenvalue weighted by molar-refractivity contribution is 5.49. The average Bonchev–Trinajstić information content (AvgIpc) is 2.28. The Bertz CT molecular complexity index is 462. The molecule has 0 aliphatic carbocycles. The van der Waals surface area contributed by atoms with Crippen LogP contribution in [0.5, 0.6) is 0 Å². The molecule has 0 amide bonds. The topological polar surface area (TPSA) is 27.0 Å². The number of benzene rings is 1. The molecule has 1 fully saturated rings. The standard InChI is InChI=1S/C15H19FN2/c1-15(2)11-12(6-8-17)7-9-18(15)14-5-3-4-13(16)10-14/h3-5,10,12H,6-7,9,11H2,1-2H3. The summed E-state index contributed by atoms with van der Waals surface area (Å²) in [6.07, 6.45) is 2.62. The molecule has 1 unspecified atom stereocenters. The van der Waals surface area contributed by atoms with Crippen LogP contribution in [-0.4, -0.2) is 12.1 Å². The second kappa shape index (κ2) is 4.97. The number of rotatable bonds is 2. The van der Waals surface area contributed by atoms with Gasteiger partial charge in [-0.25, -0.2) is 4.39 Å². The third kappa shape index (κ3) is 2.64. The number of nitriles is 1. The zero-order valence-electron chi connectivity index (χ0n) is 11.0. The molecule has 18 heavy (non-hydrogen) atoms. The number of anilines is 1. The van der Waals surface area contributed by atoms with Crippen molar-refractivity contribution in [2.45, 2.75) is 38.6 Å². The maximum absolute atomic E-state index is 13.3. The Morgan fingerprint density at radius 3 is 2.89 bits per heavy atom. The number of hydrogen-bond donors (Lipinski definition) is 0. The smallest absolute Gasteiger partial charge is 0.125 e. The highest BCUT2D eigenvalue weighted by Crippen LogP contribution is 2.36. The van der Waals surface area contributed by atoms with Gasteiger partial charge in [-0.2, -0.15) is 5.26 Å². The first-order valence-corrected chi connectivity index (χ1v) is 6.43. The average molecular weight is 246 g/mol. The molecular formula is C15H19FN2. The Balaban J connectivity index is 2.18. The van der Waals surface area contributed by atoms with E-state index in [9.17, 15) is 4.39 Å². The van der Waals surface area contributed by atoms with E-state index < -0.39 is 0 Å². The van der Waals surface area contributed by atoms with Crippen LogP contribution in [0.3, 0.4) is 0 Å². The van der Waals surface area contributed by atoms with Crippen LogP contribution in [0.4, 0.5) is 10.1 Å². The Kier molecular flexibility index (Phi) is 3.56. The summed E-state index contributed by atoms with van der Waals surface area (Å²) in [4.78, 5) is 2.25. The minimum atomic E-state index is -0.192. The molecule has 3 heteroatoms. The predicted octanol–water partition coefficient (Wildman–Crippen LogP) is 3.73. The van der Waals surface area contributed by atoms with Crippen LogP contribution in [-0.2, 0) is 0 Å². The van der Waals surface area contributed by atoms with Crippen molar-refractivity contribution in [1.29, 1.82) is 5.26 Å². The predicted molar refractivity (Wildman–Crippen MR) is 70.8 cm³/mol. The van der Waals surface area contributed by atoms with E-state index in [0.29, 0.717) is 12.3 Å². The SMILES string of the molecule is CC1(C)CC(CC#N)CCN1c1cccc(F)c1. The van der Waals surface area contributed by atoms with Crippen molar-refractivity contribution in [1.82, 2.24) is 0 Å². The van der Waals surface area contributed by atoms with E-state index in [1.54, 1.807) is 12.1 Å². The highest BCUT2D eigenvalue weighted by atomic mass is 19.1. The van der Waals surface area contributed by atoms with Gasteiger partial charge >= 0.3 is 0 Å². The van der Waals surface area contributed by atoms with Crippen molar-refractivity contribution in [3.63, 3.8) is 0 Å². The number of hydrogen-bond acceptors (Lipinski definition) is 2. The minimum Gasteiger partial charge on any atom is -0.366 e. The zero-order chi connectivity index (χ0) is 13.2. The van der Waals surface area contributed by atoms with Crippen molar-refractivity contribution < 1.29 is 4.39 Å². The number of piperidine rings is 1. The molecule has 0 spiro atoms. The summed E-state index contributed by atoms with van der Waals surface area (Å²) in [6.45, 7) is 5.23. The summed E-state index contributed by atoms with van der Waals surface area (Å²) in [7, 11) is 0. The van der Waals surface area contributed by atoms with Gasteiger partial charge in [0.1, 0.15) is 5.82 Å². The lowest BCUT2D eigenvalue weighted by atomic mass is 9.81. The van der Waals surface area contributed by atoms with Crippen LogP contribution in [0, 0.1) is 23.1 Å². The summed E-state index contributed by atoms with van der Waals surface area (Å²) >= 11 is 0. The van der Waals surface area contributed by atoms with Crippen LogP contribution in [0.15, 0.2) is 24.3 Å².